The second kappa shape index (κ2) is 8.02. The Morgan fingerprint density at radius 3 is 2.50 bits per heavy atom. The van der Waals surface area contributed by atoms with Crippen molar-refractivity contribution in [3.8, 4) is 5.75 Å². The fourth-order valence-corrected chi connectivity index (χ4v) is 1.47. The second-order valence-corrected chi connectivity index (χ2v) is 4.96. The van der Waals surface area contributed by atoms with E-state index in [1.54, 1.807) is 19.2 Å². The molecule has 0 bridgehead atoms. The van der Waals surface area contributed by atoms with Crippen LogP contribution in [0.2, 0.25) is 0 Å². The van der Waals surface area contributed by atoms with Crippen molar-refractivity contribution in [2.45, 2.75) is 19.9 Å². The molecule has 2 N–H and O–H groups in total. The Morgan fingerprint density at radius 1 is 1.23 bits per heavy atom. The van der Waals surface area contributed by atoms with E-state index >= 15 is 0 Å². The summed E-state index contributed by atoms with van der Waals surface area (Å²) in [5.41, 5.74) is 5.20. The molecular weight excluding hydrogens is 288 g/mol. The van der Waals surface area contributed by atoms with Gasteiger partial charge in [-0.2, -0.15) is 0 Å². The predicted molar refractivity (Wildman–Crippen MR) is 79.3 cm³/mol. The highest BCUT2D eigenvalue weighted by molar-refractivity contribution is 5.91. The van der Waals surface area contributed by atoms with E-state index < -0.39 is 11.9 Å². The number of hydrogen-bond donors (Lipinski definition) is 1. The van der Waals surface area contributed by atoms with E-state index in [0.717, 1.165) is 0 Å². The lowest BCUT2D eigenvalue weighted by Gasteiger charge is -2.21. The topological polar surface area (TPSA) is 98.9 Å². The van der Waals surface area contributed by atoms with Crippen LogP contribution in [0.4, 0.5) is 0 Å². The molecule has 7 heteroatoms. The maximum Gasteiger partial charge on any atom is 0.338 e. The van der Waals surface area contributed by atoms with Crippen LogP contribution in [0.3, 0.4) is 0 Å². The van der Waals surface area contributed by atoms with Crippen LogP contribution in [0.1, 0.15) is 24.2 Å². The first kappa shape index (κ1) is 17.5. The molecule has 2 amide bonds. The van der Waals surface area contributed by atoms with Gasteiger partial charge in [-0.25, -0.2) is 4.79 Å². The van der Waals surface area contributed by atoms with Gasteiger partial charge in [-0.3, -0.25) is 9.59 Å². The SMILES string of the molecule is CC(C)N(C)C(=O)COC(=O)c1cccc(OCC(N)=O)c1. The number of ether oxygens (including phenoxy) is 2. The van der Waals surface area contributed by atoms with Gasteiger partial charge in [0.15, 0.2) is 13.2 Å². The van der Waals surface area contributed by atoms with Crippen molar-refractivity contribution in [2.75, 3.05) is 20.3 Å². The number of rotatable bonds is 7. The van der Waals surface area contributed by atoms with Gasteiger partial charge in [0, 0.05) is 13.1 Å². The lowest BCUT2D eigenvalue weighted by molar-refractivity contribution is -0.134. The van der Waals surface area contributed by atoms with Crippen LogP contribution in [-0.2, 0) is 14.3 Å². The molecule has 0 aromatic heterocycles. The quantitative estimate of drug-likeness (QED) is 0.743. The van der Waals surface area contributed by atoms with Crippen molar-refractivity contribution in [1.82, 2.24) is 4.90 Å². The molecule has 1 aromatic carbocycles. The van der Waals surface area contributed by atoms with Gasteiger partial charge in [0.2, 0.25) is 0 Å². The summed E-state index contributed by atoms with van der Waals surface area (Å²) >= 11 is 0. The van der Waals surface area contributed by atoms with Crippen molar-refractivity contribution >= 4 is 17.8 Å². The van der Waals surface area contributed by atoms with Crippen molar-refractivity contribution in [3.63, 3.8) is 0 Å². The molecule has 0 saturated heterocycles. The number of carbonyl (C=O) groups is 3. The van der Waals surface area contributed by atoms with Gasteiger partial charge in [-0.05, 0) is 32.0 Å². The highest BCUT2D eigenvalue weighted by Gasteiger charge is 2.15. The van der Waals surface area contributed by atoms with Crippen molar-refractivity contribution in [2.24, 2.45) is 5.73 Å². The molecule has 0 saturated carbocycles. The van der Waals surface area contributed by atoms with Gasteiger partial charge in [-0.15, -0.1) is 0 Å². The molecular formula is C15H20N2O5. The average molecular weight is 308 g/mol. The Balaban J connectivity index is 2.60. The van der Waals surface area contributed by atoms with Gasteiger partial charge >= 0.3 is 5.97 Å². The summed E-state index contributed by atoms with van der Waals surface area (Å²) in [5.74, 6) is -1.23. The van der Waals surface area contributed by atoms with Gasteiger partial charge in [0.1, 0.15) is 5.75 Å². The largest absolute Gasteiger partial charge is 0.484 e. The second-order valence-electron chi connectivity index (χ2n) is 4.96. The summed E-state index contributed by atoms with van der Waals surface area (Å²) in [6.45, 7) is 3.11. The number of hydrogen-bond acceptors (Lipinski definition) is 5. The smallest absolute Gasteiger partial charge is 0.338 e. The van der Waals surface area contributed by atoms with Crippen molar-refractivity contribution in [3.05, 3.63) is 29.8 Å². The average Bonchev–Trinajstić information content (AvgIpc) is 2.49. The van der Waals surface area contributed by atoms with Gasteiger partial charge < -0.3 is 20.1 Å². The first-order valence-electron chi connectivity index (χ1n) is 6.75. The van der Waals surface area contributed by atoms with Crippen LogP contribution in [0.15, 0.2) is 24.3 Å². The minimum atomic E-state index is -0.643. The summed E-state index contributed by atoms with van der Waals surface area (Å²) in [7, 11) is 1.64. The lowest BCUT2D eigenvalue weighted by Crippen LogP contribution is -2.36. The molecule has 0 aliphatic rings. The number of nitrogens with two attached hydrogens (primary N) is 1. The van der Waals surface area contributed by atoms with E-state index in [-0.39, 0.29) is 30.7 Å². The van der Waals surface area contributed by atoms with E-state index in [2.05, 4.69) is 0 Å². The molecule has 0 aliphatic carbocycles. The third kappa shape index (κ3) is 5.43. The molecule has 0 aliphatic heterocycles. The summed E-state index contributed by atoms with van der Waals surface area (Å²) in [6.07, 6.45) is 0. The third-order valence-electron chi connectivity index (χ3n) is 2.95. The summed E-state index contributed by atoms with van der Waals surface area (Å²) in [6, 6.07) is 6.13. The molecule has 0 atom stereocenters. The Kier molecular flexibility index (Phi) is 6.37. The molecule has 1 rings (SSSR count). The Hall–Kier alpha value is -2.57. The zero-order valence-corrected chi connectivity index (χ0v) is 12.9. The molecule has 0 radical (unpaired) electrons. The Morgan fingerprint density at radius 2 is 1.91 bits per heavy atom. The van der Waals surface area contributed by atoms with Gasteiger partial charge in [0.25, 0.3) is 11.8 Å². The van der Waals surface area contributed by atoms with E-state index in [1.165, 1.54) is 17.0 Å². The Bertz CT molecular complexity index is 557. The first-order valence-corrected chi connectivity index (χ1v) is 6.75. The third-order valence-corrected chi connectivity index (χ3v) is 2.95. The number of primary amides is 1. The monoisotopic (exact) mass is 308 g/mol. The van der Waals surface area contributed by atoms with Crippen LogP contribution in [0.25, 0.3) is 0 Å². The van der Waals surface area contributed by atoms with E-state index in [9.17, 15) is 14.4 Å². The van der Waals surface area contributed by atoms with E-state index in [1.807, 2.05) is 13.8 Å². The zero-order chi connectivity index (χ0) is 16.7. The standard InChI is InChI=1S/C15H20N2O5/c1-10(2)17(3)14(19)9-22-15(20)11-5-4-6-12(7-11)21-8-13(16)18/h4-7,10H,8-9H2,1-3H3,(H2,16,18). The fraction of sp³-hybridized carbons (Fsp3) is 0.400. The predicted octanol–water partition coefficient (Wildman–Crippen LogP) is 0.574. The molecule has 0 spiro atoms. The van der Waals surface area contributed by atoms with Crippen LogP contribution >= 0.6 is 0 Å². The first-order chi connectivity index (χ1) is 10.3. The van der Waals surface area contributed by atoms with Gasteiger partial charge in [-0.1, -0.05) is 6.07 Å². The fourth-order valence-electron chi connectivity index (χ4n) is 1.47. The van der Waals surface area contributed by atoms with Crippen molar-refractivity contribution < 1.29 is 23.9 Å². The van der Waals surface area contributed by atoms with Gasteiger partial charge in [0.05, 0.1) is 5.56 Å². The number of nitrogens with zero attached hydrogens (tertiary/aromatic N) is 1. The van der Waals surface area contributed by atoms with Crippen LogP contribution < -0.4 is 10.5 Å². The maximum absolute atomic E-state index is 11.9. The molecule has 7 nitrogen and oxygen atoms in total. The number of carbonyl (C=O) groups excluding carboxylic acids is 3. The molecule has 120 valence electrons. The number of benzene rings is 1. The van der Waals surface area contributed by atoms with Crippen molar-refractivity contribution in [1.29, 1.82) is 0 Å². The van der Waals surface area contributed by atoms with E-state index in [4.69, 9.17) is 15.2 Å². The van der Waals surface area contributed by atoms with E-state index in [0.29, 0.717) is 5.75 Å². The highest BCUT2D eigenvalue weighted by atomic mass is 16.5. The summed E-state index contributed by atoms with van der Waals surface area (Å²) < 4.78 is 10.1. The molecule has 1 aromatic rings. The highest BCUT2D eigenvalue weighted by Crippen LogP contribution is 2.14. The molecule has 0 fully saturated rings. The number of esters is 1. The number of likely N-dealkylation sites (N-methyl/N-ethyl adjacent to an activating group) is 1. The van der Waals surface area contributed by atoms with Crippen LogP contribution in [0.5, 0.6) is 5.75 Å². The molecule has 0 unspecified atom stereocenters. The maximum atomic E-state index is 11.9. The zero-order valence-electron chi connectivity index (χ0n) is 12.9. The normalized spacial score (nSPS) is 10.2. The summed E-state index contributed by atoms with van der Waals surface area (Å²) in [5, 5.41) is 0. The lowest BCUT2D eigenvalue weighted by atomic mass is 10.2. The molecule has 22 heavy (non-hydrogen) atoms. The minimum absolute atomic E-state index is 0.0247. The summed E-state index contributed by atoms with van der Waals surface area (Å²) in [4.78, 5) is 35.8. The molecule has 0 heterocycles. The Labute approximate surface area is 129 Å². The van der Waals surface area contributed by atoms with Crippen LogP contribution in [-0.4, -0.2) is 49.0 Å². The minimum Gasteiger partial charge on any atom is -0.484 e. The number of amides is 2. The van der Waals surface area contributed by atoms with Crippen LogP contribution in [0, 0.1) is 0 Å².